The molecule has 0 atom stereocenters. The Morgan fingerprint density at radius 1 is 1.24 bits per heavy atom. The number of hydrogen-bond acceptors (Lipinski definition) is 3. The van der Waals surface area contributed by atoms with Gasteiger partial charge in [0.2, 0.25) is 0 Å². The molecule has 0 saturated heterocycles. The summed E-state index contributed by atoms with van der Waals surface area (Å²) in [5, 5.41) is 2.75. The van der Waals surface area contributed by atoms with Crippen LogP contribution in [0.2, 0.25) is 0 Å². The first-order valence-corrected chi connectivity index (χ1v) is 5.55. The summed E-state index contributed by atoms with van der Waals surface area (Å²) in [7, 11) is 1.35. The number of carbonyl (C=O) groups excluding carboxylic acids is 2. The van der Waals surface area contributed by atoms with Crippen molar-refractivity contribution in [3.8, 4) is 0 Å². The average molecular weight is 235 g/mol. The van der Waals surface area contributed by atoms with Crippen molar-refractivity contribution in [2.75, 3.05) is 13.7 Å². The van der Waals surface area contributed by atoms with Crippen molar-refractivity contribution in [2.45, 2.75) is 19.8 Å². The highest BCUT2D eigenvalue weighted by atomic mass is 16.5. The molecule has 0 radical (unpaired) electrons. The first kappa shape index (κ1) is 13.2. The third kappa shape index (κ3) is 4.68. The summed E-state index contributed by atoms with van der Waals surface area (Å²) < 4.78 is 4.50. The number of nitrogens with one attached hydrogen (secondary N) is 1. The van der Waals surface area contributed by atoms with Crippen LogP contribution in [-0.4, -0.2) is 25.5 Å². The van der Waals surface area contributed by atoms with E-state index in [0.717, 1.165) is 5.56 Å². The van der Waals surface area contributed by atoms with Gasteiger partial charge in [0.05, 0.1) is 7.11 Å². The van der Waals surface area contributed by atoms with E-state index in [1.165, 1.54) is 7.11 Å². The van der Waals surface area contributed by atoms with E-state index in [2.05, 4.69) is 10.1 Å². The molecule has 0 bridgehead atoms. The van der Waals surface area contributed by atoms with Crippen molar-refractivity contribution >= 4 is 11.9 Å². The molecule has 1 amide bonds. The minimum absolute atomic E-state index is 0.116. The van der Waals surface area contributed by atoms with Crippen LogP contribution in [0.4, 0.5) is 0 Å². The molecule has 1 rings (SSSR count). The second-order valence-electron chi connectivity index (χ2n) is 3.80. The van der Waals surface area contributed by atoms with Gasteiger partial charge in [-0.1, -0.05) is 17.7 Å². The zero-order valence-corrected chi connectivity index (χ0v) is 10.2. The van der Waals surface area contributed by atoms with E-state index in [4.69, 9.17) is 0 Å². The topological polar surface area (TPSA) is 55.4 Å². The summed E-state index contributed by atoms with van der Waals surface area (Å²) in [4.78, 5) is 22.5. The second-order valence-corrected chi connectivity index (χ2v) is 3.80. The first-order valence-electron chi connectivity index (χ1n) is 5.55. The quantitative estimate of drug-likeness (QED) is 0.624. The fraction of sp³-hybridized carbons (Fsp3) is 0.385. The smallest absolute Gasteiger partial charge is 0.305 e. The van der Waals surface area contributed by atoms with Crippen molar-refractivity contribution in [1.29, 1.82) is 0 Å². The number of carbonyl (C=O) groups is 2. The van der Waals surface area contributed by atoms with Crippen LogP contribution >= 0.6 is 0 Å². The predicted octanol–water partition coefficient (Wildman–Crippen LogP) is 1.68. The Hall–Kier alpha value is -1.84. The fourth-order valence-corrected chi connectivity index (χ4v) is 1.34. The van der Waals surface area contributed by atoms with Crippen LogP contribution in [-0.2, 0) is 9.53 Å². The first-order chi connectivity index (χ1) is 8.13. The van der Waals surface area contributed by atoms with Crippen LogP contribution in [0.25, 0.3) is 0 Å². The van der Waals surface area contributed by atoms with Gasteiger partial charge in [-0.05, 0) is 25.5 Å². The molecule has 0 spiro atoms. The molecule has 92 valence electrons. The van der Waals surface area contributed by atoms with Crippen molar-refractivity contribution in [3.05, 3.63) is 35.4 Å². The SMILES string of the molecule is COC(=O)CCCNC(=O)c1ccc(C)cc1. The molecule has 4 nitrogen and oxygen atoms in total. The molecule has 1 aromatic carbocycles. The Bertz CT molecular complexity index is 384. The van der Waals surface area contributed by atoms with Crippen LogP contribution < -0.4 is 5.32 Å². The second kappa shape index (κ2) is 6.68. The normalized spacial score (nSPS) is 9.76. The van der Waals surface area contributed by atoms with Crippen LogP contribution in [0, 0.1) is 6.92 Å². The standard InChI is InChI=1S/C13H17NO3/c1-10-5-7-11(8-6-10)13(16)14-9-3-4-12(15)17-2/h5-8H,3-4,9H2,1-2H3,(H,14,16). The maximum absolute atomic E-state index is 11.6. The van der Waals surface area contributed by atoms with Gasteiger partial charge < -0.3 is 10.1 Å². The number of aryl methyl sites for hydroxylation is 1. The zero-order chi connectivity index (χ0) is 12.7. The fourth-order valence-electron chi connectivity index (χ4n) is 1.34. The summed E-state index contributed by atoms with van der Waals surface area (Å²) in [5.74, 6) is -0.371. The molecule has 0 aliphatic rings. The third-order valence-electron chi connectivity index (χ3n) is 2.38. The average Bonchev–Trinajstić information content (AvgIpc) is 2.34. The largest absolute Gasteiger partial charge is 0.469 e. The van der Waals surface area contributed by atoms with Crippen LogP contribution in [0.5, 0.6) is 0 Å². The van der Waals surface area contributed by atoms with E-state index in [0.29, 0.717) is 24.9 Å². The van der Waals surface area contributed by atoms with Crippen molar-refractivity contribution in [3.63, 3.8) is 0 Å². The van der Waals surface area contributed by atoms with Crippen molar-refractivity contribution in [1.82, 2.24) is 5.32 Å². The summed E-state index contributed by atoms with van der Waals surface area (Å²) in [6, 6.07) is 7.35. The highest BCUT2D eigenvalue weighted by Crippen LogP contribution is 2.02. The molecule has 0 aliphatic carbocycles. The van der Waals surface area contributed by atoms with Gasteiger partial charge in [0.25, 0.3) is 5.91 Å². The minimum Gasteiger partial charge on any atom is -0.469 e. The summed E-state index contributed by atoms with van der Waals surface area (Å²) in [5.41, 5.74) is 1.75. The van der Waals surface area contributed by atoms with E-state index in [9.17, 15) is 9.59 Å². The molecule has 0 heterocycles. The number of hydrogen-bond donors (Lipinski definition) is 1. The Morgan fingerprint density at radius 2 is 1.88 bits per heavy atom. The van der Waals surface area contributed by atoms with E-state index in [1.807, 2.05) is 19.1 Å². The molecule has 0 aliphatic heterocycles. The molecule has 0 saturated carbocycles. The summed E-state index contributed by atoms with van der Waals surface area (Å²) in [6.07, 6.45) is 0.912. The molecule has 0 unspecified atom stereocenters. The third-order valence-corrected chi connectivity index (χ3v) is 2.38. The van der Waals surface area contributed by atoms with Gasteiger partial charge in [-0.3, -0.25) is 9.59 Å². The van der Waals surface area contributed by atoms with Gasteiger partial charge in [0, 0.05) is 18.5 Å². The van der Waals surface area contributed by atoms with Crippen molar-refractivity contribution < 1.29 is 14.3 Å². The van der Waals surface area contributed by atoms with Gasteiger partial charge in [-0.2, -0.15) is 0 Å². The van der Waals surface area contributed by atoms with E-state index < -0.39 is 0 Å². The molecule has 0 aromatic heterocycles. The maximum atomic E-state index is 11.6. The maximum Gasteiger partial charge on any atom is 0.305 e. The number of benzene rings is 1. The Balaban J connectivity index is 2.30. The predicted molar refractivity (Wildman–Crippen MR) is 64.8 cm³/mol. The summed E-state index contributed by atoms with van der Waals surface area (Å²) >= 11 is 0. The van der Waals surface area contributed by atoms with E-state index >= 15 is 0 Å². The molecule has 17 heavy (non-hydrogen) atoms. The number of ether oxygens (including phenoxy) is 1. The van der Waals surface area contributed by atoms with Gasteiger partial charge in [-0.15, -0.1) is 0 Å². The molecular formula is C13H17NO3. The summed E-state index contributed by atoms with van der Waals surface area (Å²) in [6.45, 7) is 2.44. The Kier molecular flexibility index (Phi) is 5.20. The lowest BCUT2D eigenvalue weighted by Crippen LogP contribution is -2.24. The lowest BCUT2D eigenvalue weighted by Gasteiger charge is -2.04. The van der Waals surface area contributed by atoms with Gasteiger partial charge in [0.1, 0.15) is 0 Å². The monoisotopic (exact) mass is 235 g/mol. The zero-order valence-electron chi connectivity index (χ0n) is 10.2. The van der Waals surface area contributed by atoms with Gasteiger partial charge in [0.15, 0.2) is 0 Å². The Morgan fingerprint density at radius 3 is 2.47 bits per heavy atom. The lowest BCUT2D eigenvalue weighted by atomic mass is 10.1. The van der Waals surface area contributed by atoms with Crippen LogP contribution in [0.1, 0.15) is 28.8 Å². The van der Waals surface area contributed by atoms with E-state index in [-0.39, 0.29) is 11.9 Å². The van der Waals surface area contributed by atoms with Gasteiger partial charge in [-0.25, -0.2) is 0 Å². The van der Waals surface area contributed by atoms with Gasteiger partial charge >= 0.3 is 5.97 Å². The highest BCUT2D eigenvalue weighted by Gasteiger charge is 2.05. The van der Waals surface area contributed by atoms with Crippen LogP contribution in [0.15, 0.2) is 24.3 Å². The number of esters is 1. The molecule has 0 fully saturated rings. The number of rotatable bonds is 5. The molecular weight excluding hydrogens is 218 g/mol. The van der Waals surface area contributed by atoms with E-state index in [1.54, 1.807) is 12.1 Å². The molecule has 1 N–H and O–H groups in total. The minimum atomic E-state index is -0.255. The highest BCUT2D eigenvalue weighted by molar-refractivity contribution is 5.94. The van der Waals surface area contributed by atoms with Crippen molar-refractivity contribution in [2.24, 2.45) is 0 Å². The van der Waals surface area contributed by atoms with Crippen LogP contribution in [0.3, 0.4) is 0 Å². The lowest BCUT2D eigenvalue weighted by molar-refractivity contribution is -0.140. The molecule has 4 heteroatoms. The molecule has 1 aromatic rings. The number of amides is 1. The Labute approximate surface area is 101 Å². The number of methoxy groups -OCH3 is 1.